The normalized spacial score (nSPS) is 11.2. The van der Waals surface area contributed by atoms with Crippen molar-refractivity contribution in [2.45, 2.75) is 46.2 Å². The number of aliphatic imine (C=N–C) groups is 1. The second-order valence-corrected chi connectivity index (χ2v) is 6.86. The summed E-state index contributed by atoms with van der Waals surface area (Å²) in [5.41, 5.74) is 2.15. The topological polar surface area (TPSA) is 71.4 Å². The molecule has 0 saturated heterocycles. The van der Waals surface area contributed by atoms with Crippen molar-refractivity contribution in [1.29, 1.82) is 0 Å². The van der Waals surface area contributed by atoms with E-state index in [1.54, 1.807) is 24.6 Å². The lowest BCUT2D eigenvalue weighted by Crippen LogP contribution is -2.36. The molecule has 8 heteroatoms. The fourth-order valence-corrected chi connectivity index (χ4v) is 3.01. The fourth-order valence-electron chi connectivity index (χ4n) is 2.12. The molecule has 0 atom stereocenters. The highest BCUT2D eigenvalue weighted by Crippen LogP contribution is 2.17. The monoisotopic (exact) mass is 489 g/mol. The van der Waals surface area contributed by atoms with Gasteiger partial charge in [0.25, 0.3) is 0 Å². The Labute approximate surface area is 176 Å². The van der Waals surface area contributed by atoms with E-state index in [1.165, 1.54) is 0 Å². The number of guanidine groups is 1. The van der Waals surface area contributed by atoms with Crippen LogP contribution < -0.4 is 15.4 Å². The van der Waals surface area contributed by atoms with E-state index < -0.39 is 0 Å². The Hall–Kier alpha value is -1.42. The number of nitrogens with zero attached hydrogens (tertiary/aromatic N) is 3. The van der Waals surface area contributed by atoms with Gasteiger partial charge in [-0.1, -0.05) is 26.8 Å². The van der Waals surface area contributed by atoms with E-state index in [2.05, 4.69) is 51.7 Å². The number of rotatable bonds is 8. The van der Waals surface area contributed by atoms with Crippen LogP contribution in [0.4, 0.5) is 0 Å². The summed E-state index contributed by atoms with van der Waals surface area (Å²) in [6.07, 6.45) is 2.70. The quantitative estimate of drug-likeness (QED) is 0.334. The minimum Gasteiger partial charge on any atom is -0.477 e. The largest absolute Gasteiger partial charge is 0.477 e. The maximum atomic E-state index is 5.69. The molecule has 0 aliphatic heterocycles. The summed E-state index contributed by atoms with van der Waals surface area (Å²) in [5, 5.41) is 9.77. The number of thiazole rings is 1. The van der Waals surface area contributed by atoms with Crippen LogP contribution in [0.25, 0.3) is 0 Å². The molecule has 0 bridgehead atoms. The van der Waals surface area contributed by atoms with E-state index in [1.807, 2.05) is 12.1 Å². The van der Waals surface area contributed by atoms with Crippen molar-refractivity contribution < 1.29 is 4.74 Å². The van der Waals surface area contributed by atoms with Crippen molar-refractivity contribution >= 4 is 41.3 Å². The molecule has 0 spiro atoms. The van der Waals surface area contributed by atoms with Crippen LogP contribution in [0, 0.1) is 0 Å². The minimum absolute atomic E-state index is 0. The summed E-state index contributed by atoms with van der Waals surface area (Å²) in [7, 11) is 1.76. The van der Waals surface area contributed by atoms with E-state index in [9.17, 15) is 0 Å². The van der Waals surface area contributed by atoms with E-state index >= 15 is 0 Å². The van der Waals surface area contributed by atoms with Gasteiger partial charge in [-0.2, -0.15) is 0 Å². The average molecular weight is 489 g/mol. The molecule has 0 aromatic carbocycles. The highest BCUT2D eigenvalue weighted by Gasteiger charge is 2.08. The number of halogens is 1. The zero-order valence-electron chi connectivity index (χ0n) is 15.8. The second-order valence-electron chi connectivity index (χ2n) is 5.92. The summed E-state index contributed by atoms with van der Waals surface area (Å²) in [4.78, 5) is 13.2. The molecule has 26 heavy (non-hydrogen) atoms. The average Bonchev–Trinajstić information content (AvgIpc) is 3.10. The molecule has 144 valence electrons. The standard InChI is InChI=1S/C18H27N5OS.HI/c1-5-9-24-17-14(7-6-8-20-17)10-21-18(19-4)22-11-16-23-15(12-25-16)13(2)3;/h6-8,12-13H,5,9-11H2,1-4H3,(H2,19,21,22);1H. The van der Waals surface area contributed by atoms with Gasteiger partial charge >= 0.3 is 0 Å². The first kappa shape index (κ1) is 22.6. The van der Waals surface area contributed by atoms with Crippen LogP contribution in [0.5, 0.6) is 5.88 Å². The zero-order valence-corrected chi connectivity index (χ0v) is 18.9. The van der Waals surface area contributed by atoms with Crippen molar-refractivity contribution in [2.24, 2.45) is 4.99 Å². The first-order valence-corrected chi connectivity index (χ1v) is 9.47. The van der Waals surface area contributed by atoms with Crippen LogP contribution in [0.15, 0.2) is 28.7 Å². The third kappa shape index (κ3) is 7.06. The van der Waals surface area contributed by atoms with Gasteiger partial charge in [-0.25, -0.2) is 9.97 Å². The molecule has 6 nitrogen and oxygen atoms in total. The van der Waals surface area contributed by atoms with Gasteiger partial charge < -0.3 is 15.4 Å². The lowest BCUT2D eigenvalue weighted by molar-refractivity contribution is 0.301. The molecular weight excluding hydrogens is 461 g/mol. The maximum absolute atomic E-state index is 5.69. The van der Waals surface area contributed by atoms with Gasteiger partial charge in [0.15, 0.2) is 5.96 Å². The van der Waals surface area contributed by atoms with Crippen LogP contribution in [-0.2, 0) is 13.1 Å². The van der Waals surface area contributed by atoms with Crippen LogP contribution >= 0.6 is 35.3 Å². The van der Waals surface area contributed by atoms with Crippen LogP contribution in [0.2, 0.25) is 0 Å². The highest BCUT2D eigenvalue weighted by molar-refractivity contribution is 14.0. The molecule has 0 saturated carbocycles. The Bertz CT molecular complexity index is 690. The Balaban J connectivity index is 0.00000338. The van der Waals surface area contributed by atoms with Gasteiger partial charge in [-0.3, -0.25) is 4.99 Å². The molecule has 0 unspecified atom stereocenters. The number of nitrogens with one attached hydrogen (secondary N) is 2. The first-order chi connectivity index (χ1) is 12.1. The summed E-state index contributed by atoms with van der Waals surface area (Å²) in [5.74, 6) is 1.86. The molecule has 2 N–H and O–H groups in total. The Morgan fingerprint density at radius 3 is 2.73 bits per heavy atom. The molecule has 2 aromatic heterocycles. The third-order valence-corrected chi connectivity index (χ3v) is 4.40. The predicted molar refractivity (Wildman–Crippen MR) is 119 cm³/mol. The maximum Gasteiger partial charge on any atom is 0.218 e. The lowest BCUT2D eigenvalue weighted by atomic mass is 10.2. The molecule has 0 aliphatic rings. The molecule has 0 aliphatic carbocycles. The van der Waals surface area contributed by atoms with E-state index in [-0.39, 0.29) is 24.0 Å². The highest BCUT2D eigenvalue weighted by atomic mass is 127. The molecule has 2 aromatic rings. The molecule has 2 heterocycles. The molecule has 0 amide bonds. The van der Waals surface area contributed by atoms with Gasteiger partial charge in [-0.05, 0) is 18.4 Å². The van der Waals surface area contributed by atoms with Gasteiger partial charge in [-0.15, -0.1) is 35.3 Å². The zero-order chi connectivity index (χ0) is 18.1. The van der Waals surface area contributed by atoms with Gasteiger partial charge in [0.1, 0.15) is 5.01 Å². The fraction of sp³-hybridized carbons (Fsp3) is 0.500. The van der Waals surface area contributed by atoms with Gasteiger partial charge in [0.2, 0.25) is 5.88 Å². The Morgan fingerprint density at radius 2 is 2.08 bits per heavy atom. The SMILES string of the molecule is CCCOc1ncccc1CNC(=NC)NCc1nc(C(C)C)cs1.I. The van der Waals surface area contributed by atoms with Gasteiger partial charge in [0, 0.05) is 30.7 Å². The number of hydrogen-bond donors (Lipinski definition) is 2. The van der Waals surface area contributed by atoms with Crippen molar-refractivity contribution in [3.8, 4) is 5.88 Å². The smallest absolute Gasteiger partial charge is 0.218 e. The second kappa shape index (κ2) is 12.1. The van der Waals surface area contributed by atoms with Crippen molar-refractivity contribution in [1.82, 2.24) is 20.6 Å². The molecule has 2 rings (SSSR count). The molecular formula is C18H28IN5OS. The summed E-state index contributed by atoms with van der Waals surface area (Å²) < 4.78 is 5.69. The van der Waals surface area contributed by atoms with E-state index in [0.29, 0.717) is 31.5 Å². The predicted octanol–water partition coefficient (Wildman–Crippen LogP) is 3.93. The number of hydrogen-bond acceptors (Lipinski definition) is 5. The van der Waals surface area contributed by atoms with Crippen LogP contribution in [0.3, 0.4) is 0 Å². The summed E-state index contributed by atoms with van der Waals surface area (Å²) in [6.45, 7) is 8.30. The van der Waals surface area contributed by atoms with Crippen LogP contribution in [-0.4, -0.2) is 29.6 Å². The van der Waals surface area contributed by atoms with Crippen molar-refractivity contribution in [3.05, 3.63) is 40.0 Å². The summed E-state index contributed by atoms with van der Waals surface area (Å²) >= 11 is 1.67. The van der Waals surface area contributed by atoms with E-state index in [0.717, 1.165) is 28.6 Å². The Kier molecular flexibility index (Phi) is 10.5. The molecule has 0 fully saturated rings. The first-order valence-electron chi connectivity index (χ1n) is 8.59. The molecule has 0 radical (unpaired) electrons. The lowest BCUT2D eigenvalue weighted by Gasteiger charge is -2.13. The number of pyridine rings is 1. The minimum atomic E-state index is 0. The Morgan fingerprint density at radius 1 is 1.31 bits per heavy atom. The third-order valence-electron chi connectivity index (χ3n) is 3.53. The van der Waals surface area contributed by atoms with Crippen LogP contribution in [0.1, 0.15) is 49.4 Å². The van der Waals surface area contributed by atoms with Crippen molar-refractivity contribution in [2.75, 3.05) is 13.7 Å². The van der Waals surface area contributed by atoms with Gasteiger partial charge in [0.05, 0.1) is 18.8 Å². The number of ether oxygens (including phenoxy) is 1. The van der Waals surface area contributed by atoms with E-state index in [4.69, 9.17) is 4.74 Å². The summed E-state index contributed by atoms with van der Waals surface area (Å²) in [6, 6.07) is 3.92. The van der Waals surface area contributed by atoms with Crippen molar-refractivity contribution in [3.63, 3.8) is 0 Å². The number of aromatic nitrogens is 2.